The van der Waals surface area contributed by atoms with Gasteiger partial charge >= 0.3 is 6.18 Å². The predicted octanol–water partition coefficient (Wildman–Crippen LogP) is 5.03. The van der Waals surface area contributed by atoms with Crippen LogP contribution in [-0.2, 0) is 0 Å². The monoisotopic (exact) mass is 564 g/mol. The molecule has 0 spiro atoms. The second-order valence-corrected chi connectivity index (χ2v) is 9.99. The minimum Gasteiger partial charge on any atom is -0.382 e. The maximum atomic E-state index is 12.7. The van der Waals surface area contributed by atoms with Gasteiger partial charge in [0, 0.05) is 23.5 Å². The topological polar surface area (TPSA) is 151 Å². The molecule has 5 aromatic rings. The number of imidazole rings is 1. The third-order valence-electron chi connectivity index (χ3n) is 7.04. The molecule has 1 aromatic carbocycles. The average Bonchev–Trinajstić information content (AvgIpc) is 3.54. The number of carbonyl (C=O) groups excluding carboxylic acids is 1. The maximum Gasteiger partial charge on any atom is 0.405 e. The minimum absolute atomic E-state index is 0.0110. The number of nitrogens with zero attached hydrogens (tertiary/aromatic N) is 5. The molecule has 1 fully saturated rings. The number of nitrogen functional groups attached to an aromatic ring is 1. The van der Waals surface area contributed by atoms with Crippen LogP contribution in [0.25, 0.3) is 27.8 Å². The molecule has 4 aromatic heterocycles. The van der Waals surface area contributed by atoms with Crippen molar-refractivity contribution < 1.29 is 18.0 Å². The molecule has 6 rings (SSSR count). The number of pyridine rings is 1. The Labute approximate surface area is 231 Å². The van der Waals surface area contributed by atoms with Crippen molar-refractivity contribution in [1.29, 1.82) is 0 Å². The smallest absolute Gasteiger partial charge is 0.382 e. The predicted molar refractivity (Wildman–Crippen MR) is 149 cm³/mol. The van der Waals surface area contributed by atoms with E-state index < -0.39 is 18.6 Å². The molecule has 1 aliphatic carbocycles. The van der Waals surface area contributed by atoms with Crippen LogP contribution in [0.4, 0.5) is 36.4 Å². The number of halogens is 3. The summed E-state index contributed by atoms with van der Waals surface area (Å²) in [5.74, 6) is 0.468. The van der Waals surface area contributed by atoms with Crippen LogP contribution in [0.1, 0.15) is 42.5 Å². The first-order valence-electron chi connectivity index (χ1n) is 13.2. The summed E-state index contributed by atoms with van der Waals surface area (Å²) in [6.07, 6.45) is 3.99. The molecule has 4 heterocycles. The first-order chi connectivity index (χ1) is 19.7. The van der Waals surface area contributed by atoms with Crippen molar-refractivity contribution in [1.82, 2.24) is 34.9 Å². The molecule has 212 valence electrons. The van der Waals surface area contributed by atoms with E-state index in [0.717, 1.165) is 24.2 Å². The fourth-order valence-corrected chi connectivity index (χ4v) is 5.12. The Bertz CT molecular complexity index is 1700. The van der Waals surface area contributed by atoms with Crippen LogP contribution in [0.3, 0.4) is 0 Å². The van der Waals surface area contributed by atoms with E-state index in [1.165, 1.54) is 36.3 Å². The van der Waals surface area contributed by atoms with Crippen LogP contribution in [0.5, 0.6) is 0 Å². The number of aromatic amines is 1. The van der Waals surface area contributed by atoms with Gasteiger partial charge in [0.1, 0.15) is 24.2 Å². The van der Waals surface area contributed by atoms with E-state index >= 15 is 0 Å². The Morgan fingerprint density at radius 3 is 2.61 bits per heavy atom. The SMILES string of the molecule is Nc1ncnn2cc(C(=O)NCC(F)(F)F)c(-c3ccc(Nc4nc5nc(NC6CCCCC6)ccc5[nH]4)cc3)c12. The summed E-state index contributed by atoms with van der Waals surface area (Å²) in [6, 6.07) is 11.3. The lowest BCUT2D eigenvalue weighted by Gasteiger charge is -2.23. The lowest BCUT2D eigenvalue weighted by molar-refractivity contribution is -0.123. The number of benzene rings is 1. The van der Waals surface area contributed by atoms with Crippen molar-refractivity contribution >= 4 is 45.9 Å². The number of alkyl halides is 3. The quantitative estimate of drug-likeness (QED) is 0.185. The standard InChI is InChI=1S/C27H27F3N10O/c28-27(29,30)13-32-25(41)18-12-40-22(23(31)33-14-34-40)21(18)15-6-8-17(9-7-15)36-26-37-19-10-11-20(38-24(19)39-26)35-16-4-2-1-3-5-16/h6-12,14,16H,1-5,13H2,(H,32,41)(H2,31,33,34)(H3,35,36,37,38,39). The molecule has 1 aliphatic rings. The van der Waals surface area contributed by atoms with Gasteiger partial charge in [-0.1, -0.05) is 31.4 Å². The van der Waals surface area contributed by atoms with Gasteiger partial charge in [0.05, 0.1) is 11.1 Å². The summed E-state index contributed by atoms with van der Waals surface area (Å²) in [5, 5.41) is 12.7. The minimum atomic E-state index is -4.55. The van der Waals surface area contributed by atoms with Crippen LogP contribution in [-0.4, -0.2) is 54.2 Å². The summed E-state index contributed by atoms with van der Waals surface area (Å²) in [4.78, 5) is 29.1. The molecule has 11 nitrogen and oxygen atoms in total. The van der Waals surface area contributed by atoms with Crippen LogP contribution in [0, 0.1) is 0 Å². The van der Waals surface area contributed by atoms with E-state index in [9.17, 15) is 18.0 Å². The van der Waals surface area contributed by atoms with Crippen LogP contribution >= 0.6 is 0 Å². The second kappa shape index (κ2) is 10.6. The molecule has 0 atom stereocenters. The lowest BCUT2D eigenvalue weighted by Crippen LogP contribution is -2.33. The van der Waals surface area contributed by atoms with Crippen LogP contribution < -0.4 is 21.7 Å². The zero-order valence-corrected chi connectivity index (χ0v) is 21.8. The number of amides is 1. The van der Waals surface area contributed by atoms with Gasteiger partial charge in [-0.25, -0.2) is 14.5 Å². The lowest BCUT2D eigenvalue weighted by atomic mass is 9.95. The van der Waals surface area contributed by atoms with Gasteiger partial charge in [0.15, 0.2) is 11.5 Å². The van der Waals surface area contributed by atoms with Crippen molar-refractivity contribution in [2.45, 2.75) is 44.3 Å². The summed E-state index contributed by atoms with van der Waals surface area (Å²) >= 11 is 0. The first-order valence-corrected chi connectivity index (χ1v) is 13.2. The van der Waals surface area contributed by atoms with Gasteiger partial charge in [-0.2, -0.15) is 23.3 Å². The number of hydrogen-bond acceptors (Lipinski definition) is 8. The largest absolute Gasteiger partial charge is 0.405 e. The molecule has 1 saturated carbocycles. The van der Waals surface area contributed by atoms with Crippen molar-refractivity contribution in [3.05, 3.63) is 54.5 Å². The summed E-state index contributed by atoms with van der Waals surface area (Å²) in [6.45, 7) is -1.47. The molecule has 14 heteroatoms. The highest BCUT2D eigenvalue weighted by atomic mass is 19.4. The highest BCUT2D eigenvalue weighted by molar-refractivity contribution is 6.07. The second-order valence-electron chi connectivity index (χ2n) is 9.99. The van der Waals surface area contributed by atoms with Crippen LogP contribution in [0.2, 0.25) is 0 Å². The highest BCUT2D eigenvalue weighted by Crippen LogP contribution is 2.33. The number of fused-ring (bicyclic) bond motifs is 2. The zero-order chi connectivity index (χ0) is 28.6. The Morgan fingerprint density at radius 2 is 1.85 bits per heavy atom. The number of nitrogens with two attached hydrogens (primary N) is 1. The first kappa shape index (κ1) is 26.3. The molecule has 0 saturated heterocycles. The molecule has 1 amide bonds. The van der Waals surface area contributed by atoms with Gasteiger partial charge < -0.3 is 26.7 Å². The molecular formula is C27H27F3N10O. The average molecular weight is 565 g/mol. The van der Waals surface area contributed by atoms with Gasteiger partial charge in [-0.15, -0.1) is 0 Å². The summed E-state index contributed by atoms with van der Waals surface area (Å²) < 4.78 is 39.6. The van der Waals surface area contributed by atoms with E-state index in [2.05, 4.69) is 35.7 Å². The zero-order valence-electron chi connectivity index (χ0n) is 21.8. The molecule has 0 bridgehead atoms. The number of hydrogen-bond donors (Lipinski definition) is 5. The highest BCUT2D eigenvalue weighted by Gasteiger charge is 2.29. The number of nitrogens with one attached hydrogen (secondary N) is 4. The van der Waals surface area contributed by atoms with E-state index in [1.807, 2.05) is 17.4 Å². The number of carbonyl (C=O) groups is 1. The molecule has 41 heavy (non-hydrogen) atoms. The Balaban J connectivity index is 1.24. The molecule has 0 unspecified atom stereocenters. The third-order valence-corrected chi connectivity index (χ3v) is 7.04. The van der Waals surface area contributed by atoms with E-state index in [1.54, 1.807) is 24.3 Å². The van der Waals surface area contributed by atoms with Crippen molar-refractivity contribution in [3.8, 4) is 11.1 Å². The molecule has 0 aliphatic heterocycles. The Kier molecular flexibility index (Phi) is 6.81. The Morgan fingerprint density at radius 1 is 1.07 bits per heavy atom. The van der Waals surface area contributed by atoms with Crippen LogP contribution in [0.15, 0.2) is 48.9 Å². The van der Waals surface area contributed by atoms with E-state index in [-0.39, 0.29) is 11.4 Å². The number of rotatable bonds is 7. The van der Waals surface area contributed by atoms with Gasteiger partial charge in [-0.05, 0) is 42.7 Å². The normalized spacial score (nSPS) is 14.4. The van der Waals surface area contributed by atoms with Gasteiger partial charge in [0.2, 0.25) is 5.95 Å². The maximum absolute atomic E-state index is 12.7. The fourth-order valence-electron chi connectivity index (χ4n) is 5.12. The fraction of sp³-hybridized carbons (Fsp3) is 0.296. The van der Waals surface area contributed by atoms with E-state index in [4.69, 9.17) is 5.73 Å². The molecule has 6 N–H and O–H groups in total. The van der Waals surface area contributed by atoms with E-state index in [0.29, 0.717) is 40.0 Å². The Hall–Kier alpha value is -4.88. The van der Waals surface area contributed by atoms with Crippen molar-refractivity contribution in [2.75, 3.05) is 22.9 Å². The van der Waals surface area contributed by atoms with Crippen molar-refractivity contribution in [3.63, 3.8) is 0 Å². The number of anilines is 4. The summed E-state index contributed by atoms with van der Waals surface area (Å²) in [7, 11) is 0. The third kappa shape index (κ3) is 5.71. The number of H-pyrrole nitrogens is 1. The summed E-state index contributed by atoms with van der Waals surface area (Å²) in [5.41, 5.74) is 9.27. The molecule has 0 radical (unpaired) electrons. The van der Waals surface area contributed by atoms with Crippen molar-refractivity contribution in [2.24, 2.45) is 0 Å². The molecular weight excluding hydrogens is 537 g/mol. The van der Waals surface area contributed by atoms with Gasteiger partial charge in [0.25, 0.3) is 5.91 Å². The number of aromatic nitrogens is 6. The van der Waals surface area contributed by atoms with Gasteiger partial charge in [-0.3, -0.25) is 4.79 Å².